The minimum Gasteiger partial charge on any atom is -0.481 e. The largest absolute Gasteiger partial charge is 0.481 e. The van der Waals surface area contributed by atoms with Gasteiger partial charge in [-0.05, 0) is 25.7 Å². The van der Waals surface area contributed by atoms with Crippen molar-refractivity contribution >= 4 is 11.9 Å². The van der Waals surface area contributed by atoms with Crippen LogP contribution in [0.2, 0.25) is 0 Å². The van der Waals surface area contributed by atoms with Gasteiger partial charge in [0.05, 0.1) is 17.6 Å². The van der Waals surface area contributed by atoms with Crippen LogP contribution in [-0.2, 0) is 9.59 Å². The van der Waals surface area contributed by atoms with Gasteiger partial charge in [-0.3, -0.25) is 9.59 Å². The molecule has 2 fully saturated rings. The topological polar surface area (TPSA) is 86.6 Å². The number of rotatable bonds is 4. The number of nitrogens with one attached hydrogen (secondary N) is 1. The molecule has 0 aromatic rings. The molecule has 114 valence electrons. The Kier molecular flexibility index (Phi) is 5.02. The van der Waals surface area contributed by atoms with Gasteiger partial charge in [0.15, 0.2) is 0 Å². The van der Waals surface area contributed by atoms with E-state index in [4.69, 9.17) is 0 Å². The summed E-state index contributed by atoms with van der Waals surface area (Å²) < 4.78 is 0. The number of hydrogen-bond acceptors (Lipinski definition) is 3. The summed E-state index contributed by atoms with van der Waals surface area (Å²) in [4.78, 5) is 23.7. The highest BCUT2D eigenvalue weighted by Crippen LogP contribution is 2.39. The maximum absolute atomic E-state index is 12.1. The fourth-order valence-electron chi connectivity index (χ4n) is 3.54. The van der Waals surface area contributed by atoms with Crippen molar-refractivity contribution in [1.29, 1.82) is 0 Å². The summed E-state index contributed by atoms with van der Waals surface area (Å²) in [5.41, 5.74) is -0.887. The van der Waals surface area contributed by atoms with Gasteiger partial charge in [0.25, 0.3) is 0 Å². The SMILES string of the molecule is O=C(CC1(C(=O)O)CCCCC1)NC1CCCCC1O. The Morgan fingerprint density at radius 3 is 2.30 bits per heavy atom. The van der Waals surface area contributed by atoms with Crippen LogP contribution in [0, 0.1) is 5.41 Å². The second-order valence-corrected chi connectivity index (χ2v) is 6.35. The van der Waals surface area contributed by atoms with E-state index in [1.807, 2.05) is 0 Å². The molecular weight excluding hydrogens is 258 g/mol. The number of carbonyl (C=O) groups is 2. The van der Waals surface area contributed by atoms with Crippen molar-refractivity contribution in [2.75, 3.05) is 0 Å². The van der Waals surface area contributed by atoms with Crippen molar-refractivity contribution in [1.82, 2.24) is 5.32 Å². The highest BCUT2D eigenvalue weighted by molar-refractivity contribution is 5.85. The van der Waals surface area contributed by atoms with Gasteiger partial charge in [-0.1, -0.05) is 32.1 Å². The smallest absolute Gasteiger partial charge is 0.310 e. The highest BCUT2D eigenvalue weighted by Gasteiger charge is 2.41. The minimum absolute atomic E-state index is 0.0472. The lowest BCUT2D eigenvalue weighted by Gasteiger charge is -2.34. The number of carbonyl (C=O) groups excluding carboxylic acids is 1. The summed E-state index contributed by atoms with van der Waals surface area (Å²) in [7, 11) is 0. The second-order valence-electron chi connectivity index (χ2n) is 6.35. The van der Waals surface area contributed by atoms with E-state index in [-0.39, 0.29) is 18.4 Å². The van der Waals surface area contributed by atoms with E-state index in [0.29, 0.717) is 12.8 Å². The van der Waals surface area contributed by atoms with Crippen molar-refractivity contribution in [2.24, 2.45) is 5.41 Å². The molecule has 2 aliphatic rings. The Bertz CT molecular complexity index is 363. The molecule has 0 heterocycles. The molecule has 0 spiro atoms. The zero-order valence-corrected chi connectivity index (χ0v) is 11.9. The van der Waals surface area contributed by atoms with E-state index in [1.165, 1.54) is 0 Å². The summed E-state index contributed by atoms with van der Waals surface area (Å²) in [5, 5.41) is 22.2. The fourth-order valence-corrected chi connectivity index (χ4v) is 3.54. The lowest BCUT2D eigenvalue weighted by Crippen LogP contribution is -2.47. The van der Waals surface area contributed by atoms with Crippen molar-refractivity contribution in [3.8, 4) is 0 Å². The molecule has 0 aromatic carbocycles. The summed E-state index contributed by atoms with van der Waals surface area (Å²) in [5.74, 6) is -1.07. The van der Waals surface area contributed by atoms with Gasteiger partial charge in [0, 0.05) is 6.42 Å². The number of aliphatic hydroxyl groups excluding tert-OH is 1. The molecular formula is C15H25NO4. The fraction of sp³-hybridized carbons (Fsp3) is 0.867. The van der Waals surface area contributed by atoms with E-state index in [2.05, 4.69) is 5.32 Å². The van der Waals surface area contributed by atoms with Gasteiger partial charge in [-0.25, -0.2) is 0 Å². The monoisotopic (exact) mass is 283 g/mol. The average molecular weight is 283 g/mol. The molecule has 5 heteroatoms. The molecule has 0 aliphatic heterocycles. The molecule has 2 aliphatic carbocycles. The predicted molar refractivity (Wildman–Crippen MR) is 74.2 cm³/mol. The van der Waals surface area contributed by atoms with Crippen molar-refractivity contribution in [3.63, 3.8) is 0 Å². The number of amides is 1. The van der Waals surface area contributed by atoms with Crippen LogP contribution in [0.25, 0.3) is 0 Å². The summed E-state index contributed by atoms with van der Waals surface area (Å²) in [6.45, 7) is 0. The Morgan fingerprint density at radius 2 is 1.70 bits per heavy atom. The lowest BCUT2D eigenvalue weighted by atomic mass is 9.71. The Hall–Kier alpha value is -1.10. The van der Waals surface area contributed by atoms with Crippen LogP contribution in [0.4, 0.5) is 0 Å². The molecule has 2 rings (SSSR count). The van der Waals surface area contributed by atoms with E-state index >= 15 is 0 Å². The quantitative estimate of drug-likeness (QED) is 0.734. The number of carboxylic acid groups (broad SMARTS) is 1. The normalized spacial score (nSPS) is 29.6. The van der Waals surface area contributed by atoms with Gasteiger partial charge in [0.2, 0.25) is 5.91 Å². The van der Waals surface area contributed by atoms with E-state index < -0.39 is 17.5 Å². The van der Waals surface area contributed by atoms with Gasteiger partial charge in [0.1, 0.15) is 0 Å². The van der Waals surface area contributed by atoms with Crippen LogP contribution in [0.15, 0.2) is 0 Å². The number of carboxylic acids is 1. The first-order chi connectivity index (χ1) is 9.53. The van der Waals surface area contributed by atoms with Crippen molar-refractivity contribution in [2.45, 2.75) is 76.4 Å². The predicted octanol–water partition coefficient (Wildman–Crippen LogP) is 1.83. The summed E-state index contributed by atoms with van der Waals surface area (Å²) in [6, 6.07) is -0.203. The highest BCUT2D eigenvalue weighted by atomic mass is 16.4. The van der Waals surface area contributed by atoms with E-state index in [1.54, 1.807) is 0 Å². The molecule has 0 radical (unpaired) electrons. The third-order valence-electron chi connectivity index (χ3n) is 4.84. The number of hydrogen-bond donors (Lipinski definition) is 3. The Labute approximate surface area is 119 Å². The van der Waals surface area contributed by atoms with Crippen LogP contribution in [-0.4, -0.2) is 34.2 Å². The molecule has 2 atom stereocenters. The first kappa shape index (κ1) is 15.3. The standard InChI is InChI=1S/C15H25NO4/c17-12-7-3-2-6-11(12)16-13(18)10-15(14(19)20)8-4-1-5-9-15/h11-12,17H,1-10H2,(H,16,18)(H,19,20). The van der Waals surface area contributed by atoms with Crippen LogP contribution in [0.1, 0.15) is 64.2 Å². The molecule has 1 amide bonds. The molecule has 20 heavy (non-hydrogen) atoms. The van der Waals surface area contributed by atoms with Crippen LogP contribution in [0.5, 0.6) is 0 Å². The first-order valence-electron chi connectivity index (χ1n) is 7.74. The lowest BCUT2D eigenvalue weighted by molar-refractivity contribution is -0.154. The molecule has 2 saturated carbocycles. The zero-order valence-electron chi connectivity index (χ0n) is 11.9. The second kappa shape index (κ2) is 6.57. The summed E-state index contributed by atoms with van der Waals surface area (Å²) >= 11 is 0. The van der Waals surface area contributed by atoms with Crippen LogP contribution in [0.3, 0.4) is 0 Å². The number of aliphatic carboxylic acids is 1. The van der Waals surface area contributed by atoms with Crippen molar-refractivity contribution < 1.29 is 19.8 Å². The van der Waals surface area contributed by atoms with Gasteiger partial charge < -0.3 is 15.5 Å². The first-order valence-corrected chi connectivity index (χ1v) is 7.74. The zero-order chi connectivity index (χ0) is 14.6. The van der Waals surface area contributed by atoms with Gasteiger partial charge in [-0.15, -0.1) is 0 Å². The Balaban J connectivity index is 1.93. The molecule has 5 nitrogen and oxygen atoms in total. The van der Waals surface area contributed by atoms with Crippen LogP contribution < -0.4 is 5.32 Å². The molecule has 2 unspecified atom stereocenters. The van der Waals surface area contributed by atoms with Gasteiger partial charge in [-0.2, -0.15) is 0 Å². The molecule has 0 bridgehead atoms. The number of aliphatic hydroxyl groups is 1. The van der Waals surface area contributed by atoms with Crippen molar-refractivity contribution in [3.05, 3.63) is 0 Å². The molecule has 0 aromatic heterocycles. The Morgan fingerprint density at radius 1 is 1.05 bits per heavy atom. The maximum Gasteiger partial charge on any atom is 0.310 e. The van der Waals surface area contributed by atoms with Gasteiger partial charge >= 0.3 is 5.97 Å². The maximum atomic E-state index is 12.1. The van der Waals surface area contributed by atoms with E-state index in [9.17, 15) is 19.8 Å². The van der Waals surface area contributed by atoms with Crippen LogP contribution >= 0.6 is 0 Å². The molecule has 3 N–H and O–H groups in total. The average Bonchev–Trinajstić information content (AvgIpc) is 2.42. The van der Waals surface area contributed by atoms with E-state index in [0.717, 1.165) is 44.9 Å². The summed E-state index contributed by atoms with van der Waals surface area (Å²) in [6.07, 6.45) is 7.05. The minimum atomic E-state index is -0.887. The third-order valence-corrected chi connectivity index (χ3v) is 4.84. The molecule has 0 saturated heterocycles. The third kappa shape index (κ3) is 3.51.